The van der Waals surface area contributed by atoms with Gasteiger partial charge in [-0.2, -0.15) is 5.10 Å². The normalized spacial score (nSPS) is 13.4. The fourth-order valence-corrected chi connectivity index (χ4v) is 3.15. The number of carbonyl (C=O) groups excluding carboxylic acids is 1. The molecule has 0 N–H and O–H groups in total. The number of para-hydroxylation sites is 2. The highest BCUT2D eigenvalue weighted by Crippen LogP contribution is 2.31. The number of benzene rings is 2. The predicted molar refractivity (Wildman–Crippen MR) is 95.0 cm³/mol. The lowest BCUT2D eigenvalue weighted by molar-refractivity contribution is -0.119. The number of anilines is 1. The standard InChI is InChI=1S/C19H17N3O3/c1-13-14-6-2-3-7-15(14)19(24)22(20-13)12-18(23)21-10-11-25-17-9-5-4-8-16(17)21/h2-9H,10-12H2,1H3. The Morgan fingerprint density at radius 2 is 1.84 bits per heavy atom. The Morgan fingerprint density at radius 3 is 2.68 bits per heavy atom. The van der Waals surface area contributed by atoms with Crippen LogP contribution in [0.3, 0.4) is 0 Å². The minimum Gasteiger partial charge on any atom is -0.490 e. The molecular formula is C19H17N3O3. The van der Waals surface area contributed by atoms with E-state index >= 15 is 0 Å². The van der Waals surface area contributed by atoms with Gasteiger partial charge >= 0.3 is 0 Å². The Bertz CT molecular complexity index is 1030. The number of rotatable bonds is 2. The molecular weight excluding hydrogens is 318 g/mol. The number of aromatic nitrogens is 2. The number of ether oxygens (including phenoxy) is 1. The Balaban J connectivity index is 1.70. The first-order chi connectivity index (χ1) is 12.1. The van der Waals surface area contributed by atoms with Crippen molar-refractivity contribution in [2.24, 2.45) is 0 Å². The number of nitrogens with zero attached hydrogens (tertiary/aromatic N) is 3. The lowest BCUT2D eigenvalue weighted by Crippen LogP contribution is -2.42. The molecule has 0 bridgehead atoms. The summed E-state index contributed by atoms with van der Waals surface area (Å²) in [5.74, 6) is 0.497. The fourth-order valence-electron chi connectivity index (χ4n) is 3.15. The van der Waals surface area contributed by atoms with E-state index in [-0.39, 0.29) is 18.0 Å². The first kappa shape index (κ1) is 15.4. The molecule has 0 atom stereocenters. The Morgan fingerprint density at radius 1 is 1.12 bits per heavy atom. The first-order valence-electron chi connectivity index (χ1n) is 8.14. The molecule has 0 saturated carbocycles. The maximum Gasteiger partial charge on any atom is 0.275 e. The first-order valence-corrected chi connectivity index (χ1v) is 8.14. The van der Waals surface area contributed by atoms with Gasteiger partial charge < -0.3 is 9.64 Å². The zero-order chi connectivity index (χ0) is 17.4. The molecule has 0 unspecified atom stereocenters. The van der Waals surface area contributed by atoms with E-state index in [9.17, 15) is 9.59 Å². The van der Waals surface area contributed by atoms with Gasteiger partial charge in [-0.1, -0.05) is 30.3 Å². The van der Waals surface area contributed by atoms with Gasteiger partial charge in [0.15, 0.2) is 0 Å². The Hall–Kier alpha value is -3.15. The van der Waals surface area contributed by atoms with Crippen molar-refractivity contribution in [2.75, 3.05) is 18.1 Å². The summed E-state index contributed by atoms with van der Waals surface area (Å²) in [7, 11) is 0. The number of carbonyl (C=O) groups is 1. The molecule has 0 spiro atoms. The van der Waals surface area contributed by atoms with Gasteiger partial charge in [0.1, 0.15) is 18.9 Å². The van der Waals surface area contributed by atoms with Gasteiger partial charge in [-0.25, -0.2) is 4.68 Å². The number of hydrogen-bond acceptors (Lipinski definition) is 4. The number of amides is 1. The lowest BCUT2D eigenvalue weighted by Gasteiger charge is -2.29. The second-order valence-corrected chi connectivity index (χ2v) is 5.96. The van der Waals surface area contributed by atoms with Crippen molar-refractivity contribution in [1.82, 2.24) is 9.78 Å². The topological polar surface area (TPSA) is 64.4 Å². The van der Waals surface area contributed by atoms with Crippen molar-refractivity contribution in [3.63, 3.8) is 0 Å². The van der Waals surface area contributed by atoms with Gasteiger partial charge in [0, 0.05) is 5.39 Å². The summed E-state index contributed by atoms with van der Waals surface area (Å²) in [5, 5.41) is 5.70. The van der Waals surface area contributed by atoms with E-state index in [1.54, 1.807) is 11.0 Å². The summed E-state index contributed by atoms with van der Waals surface area (Å²) < 4.78 is 6.82. The third kappa shape index (κ3) is 2.65. The molecule has 0 radical (unpaired) electrons. The van der Waals surface area contributed by atoms with Gasteiger partial charge in [0.2, 0.25) is 5.91 Å². The molecule has 1 aliphatic heterocycles. The molecule has 0 aliphatic carbocycles. The molecule has 6 nitrogen and oxygen atoms in total. The van der Waals surface area contributed by atoms with Gasteiger partial charge in [-0.05, 0) is 25.1 Å². The van der Waals surface area contributed by atoms with Crippen LogP contribution in [-0.2, 0) is 11.3 Å². The monoisotopic (exact) mass is 335 g/mol. The minimum atomic E-state index is -0.254. The summed E-state index contributed by atoms with van der Waals surface area (Å²) in [4.78, 5) is 27.1. The predicted octanol–water partition coefficient (Wildman–Crippen LogP) is 2.13. The third-order valence-corrected chi connectivity index (χ3v) is 4.37. The van der Waals surface area contributed by atoms with E-state index in [0.717, 1.165) is 16.8 Å². The van der Waals surface area contributed by atoms with Crippen LogP contribution in [0.25, 0.3) is 10.8 Å². The SMILES string of the molecule is Cc1nn(CC(=O)N2CCOc3ccccc32)c(=O)c2ccccc12. The van der Waals surface area contributed by atoms with E-state index in [0.29, 0.717) is 24.3 Å². The molecule has 1 aliphatic rings. The Labute approximate surface area is 144 Å². The average molecular weight is 335 g/mol. The number of hydrogen-bond donors (Lipinski definition) is 0. The van der Waals surface area contributed by atoms with Crippen LogP contribution in [0.5, 0.6) is 5.75 Å². The van der Waals surface area contributed by atoms with Crippen molar-refractivity contribution in [2.45, 2.75) is 13.5 Å². The van der Waals surface area contributed by atoms with Gasteiger partial charge in [0.05, 0.1) is 23.3 Å². The molecule has 0 saturated heterocycles. The molecule has 126 valence electrons. The zero-order valence-electron chi connectivity index (χ0n) is 13.8. The fraction of sp³-hybridized carbons (Fsp3) is 0.211. The van der Waals surface area contributed by atoms with Crippen LogP contribution < -0.4 is 15.2 Å². The van der Waals surface area contributed by atoms with Crippen LogP contribution in [-0.4, -0.2) is 28.8 Å². The Kier molecular flexibility index (Phi) is 3.72. The molecule has 6 heteroatoms. The molecule has 0 fully saturated rings. The van der Waals surface area contributed by atoms with Crippen LogP contribution in [0.15, 0.2) is 53.3 Å². The highest BCUT2D eigenvalue weighted by molar-refractivity contribution is 5.95. The summed E-state index contributed by atoms with van der Waals surface area (Å²) in [5.41, 5.74) is 1.20. The van der Waals surface area contributed by atoms with Crippen LogP contribution in [0.2, 0.25) is 0 Å². The summed E-state index contributed by atoms with van der Waals surface area (Å²) in [6.45, 7) is 2.63. The van der Waals surface area contributed by atoms with Crippen molar-refractivity contribution in [1.29, 1.82) is 0 Å². The van der Waals surface area contributed by atoms with Crippen LogP contribution in [0.1, 0.15) is 5.69 Å². The lowest BCUT2D eigenvalue weighted by atomic mass is 10.1. The molecule has 2 aromatic carbocycles. The van der Waals surface area contributed by atoms with Crippen molar-refractivity contribution in [3.8, 4) is 5.75 Å². The number of aryl methyl sites for hydroxylation is 1. The number of fused-ring (bicyclic) bond motifs is 2. The second kappa shape index (κ2) is 6.05. The third-order valence-electron chi connectivity index (χ3n) is 4.37. The van der Waals surface area contributed by atoms with Gasteiger partial charge in [0.25, 0.3) is 5.56 Å². The second-order valence-electron chi connectivity index (χ2n) is 5.96. The highest BCUT2D eigenvalue weighted by atomic mass is 16.5. The van der Waals surface area contributed by atoms with E-state index in [2.05, 4.69) is 5.10 Å². The molecule has 2 heterocycles. The summed E-state index contributed by atoms with van der Waals surface area (Å²) in [6.07, 6.45) is 0. The molecule has 3 aromatic rings. The van der Waals surface area contributed by atoms with Crippen molar-refractivity contribution in [3.05, 3.63) is 64.6 Å². The van der Waals surface area contributed by atoms with Crippen LogP contribution >= 0.6 is 0 Å². The molecule has 1 aromatic heterocycles. The van der Waals surface area contributed by atoms with E-state index in [1.165, 1.54) is 4.68 Å². The van der Waals surface area contributed by atoms with Crippen LogP contribution in [0, 0.1) is 6.92 Å². The average Bonchev–Trinajstić information content (AvgIpc) is 2.65. The smallest absolute Gasteiger partial charge is 0.275 e. The maximum absolute atomic E-state index is 12.8. The van der Waals surface area contributed by atoms with Crippen molar-refractivity contribution >= 4 is 22.4 Å². The van der Waals surface area contributed by atoms with Crippen molar-refractivity contribution < 1.29 is 9.53 Å². The van der Waals surface area contributed by atoms with Crippen LogP contribution in [0.4, 0.5) is 5.69 Å². The van der Waals surface area contributed by atoms with Gasteiger partial charge in [-0.3, -0.25) is 9.59 Å². The largest absolute Gasteiger partial charge is 0.490 e. The van der Waals surface area contributed by atoms with Gasteiger partial charge in [-0.15, -0.1) is 0 Å². The summed E-state index contributed by atoms with van der Waals surface area (Å²) in [6, 6.07) is 14.7. The zero-order valence-corrected chi connectivity index (χ0v) is 13.8. The molecule has 25 heavy (non-hydrogen) atoms. The quantitative estimate of drug-likeness (QED) is 0.720. The minimum absolute atomic E-state index is 0.0984. The van der Waals surface area contributed by atoms with E-state index < -0.39 is 0 Å². The molecule has 4 rings (SSSR count). The van der Waals surface area contributed by atoms with E-state index in [4.69, 9.17) is 4.74 Å². The highest BCUT2D eigenvalue weighted by Gasteiger charge is 2.24. The molecule has 1 amide bonds. The van der Waals surface area contributed by atoms with E-state index in [1.807, 2.05) is 49.4 Å². The maximum atomic E-state index is 12.8. The summed E-state index contributed by atoms with van der Waals surface area (Å²) >= 11 is 0.